The van der Waals surface area contributed by atoms with E-state index in [1.807, 2.05) is 19.9 Å². The van der Waals surface area contributed by atoms with Gasteiger partial charge in [-0.15, -0.1) is 0 Å². The van der Waals surface area contributed by atoms with Crippen LogP contribution in [0.5, 0.6) is 0 Å². The molecule has 7 heteroatoms. The number of amides is 2. The molecule has 1 aliphatic rings. The Morgan fingerprint density at radius 3 is 2.95 bits per heavy atom. The Balaban J connectivity index is 2.09. The van der Waals surface area contributed by atoms with E-state index in [2.05, 4.69) is 10.4 Å². The molecular formula is C15H24N4O3. The molecular weight excluding hydrogens is 284 g/mol. The molecule has 0 bridgehead atoms. The van der Waals surface area contributed by atoms with Crippen LogP contribution in [0.25, 0.3) is 0 Å². The summed E-state index contributed by atoms with van der Waals surface area (Å²) >= 11 is 0. The molecule has 0 aliphatic carbocycles. The summed E-state index contributed by atoms with van der Waals surface area (Å²) in [6, 6.07) is 1.37. The highest BCUT2D eigenvalue weighted by Gasteiger charge is 2.32. The van der Waals surface area contributed by atoms with E-state index in [1.165, 1.54) is 0 Å². The van der Waals surface area contributed by atoms with Crippen LogP contribution < -0.4 is 5.32 Å². The molecule has 0 spiro atoms. The average Bonchev–Trinajstić information content (AvgIpc) is 2.93. The third-order valence-corrected chi connectivity index (χ3v) is 3.64. The number of fused-ring (bicyclic) bond motifs is 1. The minimum Gasteiger partial charge on any atom is -0.383 e. The zero-order chi connectivity index (χ0) is 16.1. The molecule has 2 rings (SSSR count). The van der Waals surface area contributed by atoms with E-state index in [4.69, 9.17) is 4.74 Å². The topological polar surface area (TPSA) is 76.5 Å². The number of ether oxygens (including phenoxy) is 1. The summed E-state index contributed by atoms with van der Waals surface area (Å²) in [7, 11) is 1.59. The van der Waals surface area contributed by atoms with E-state index in [9.17, 15) is 9.59 Å². The van der Waals surface area contributed by atoms with Gasteiger partial charge < -0.3 is 15.0 Å². The van der Waals surface area contributed by atoms with Crippen LogP contribution >= 0.6 is 0 Å². The van der Waals surface area contributed by atoms with Crippen molar-refractivity contribution in [3.8, 4) is 0 Å². The molecule has 0 saturated carbocycles. The Labute approximate surface area is 130 Å². The summed E-state index contributed by atoms with van der Waals surface area (Å²) in [5.74, 6) is 0.245. The molecule has 1 unspecified atom stereocenters. The molecule has 1 aromatic heterocycles. The van der Waals surface area contributed by atoms with E-state index in [0.29, 0.717) is 38.6 Å². The zero-order valence-electron chi connectivity index (χ0n) is 13.4. The molecule has 1 aliphatic heterocycles. The molecule has 1 aromatic rings. The van der Waals surface area contributed by atoms with E-state index in [-0.39, 0.29) is 11.8 Å². The van der Waals surface area contributed by atoms with Crippen molar-refractivity contribution in [1.82, 2.24) is 20.0 Å². The van der Waals surface area contributed by atoms with Crippen LogP contribution in [0.15, 0.2) is 12.3 Å². The van der Waals surface area contributed by atoms with Gasteiger partial charge in [0.15, 0.2) is 0 Å². The number of rotatable bonds is 6. The van der Waals surface area contributed by atoms with Crippen molar-refractivity contribution in [2.75, 3.05) is 26.8 Å². The number of hydrogen-bond donors (Lipinski definition) is 1. The van der Waals surface area contributed by atoms with Gasteiger partial charge in [-0.05, 0) is 12.0 Å². The molecule has 7 nitrogen and oxygen atoms in total. The zero-order valence-corrected chi connectivity index (χ0v) is 13.4. The fourth-order valence-corrected chi connectivity index (χ4v) is 2.55. The standard InChI is InChI=1S/C15H24N4O3/c1-11(2)8-14(20)18-9-12-4-5-17-19(12)13(10-18)15(21)16-6-7-22-3/h4-5,11,13H,6-10H2,1-3H3,(H,16,21). The maximum Gasteiger partial charge on any atom is 0.246 e. The highest BCUT2D eigenvalue weighted by molar-refractivity contribution is 5.82. The highest BCUT2D eigenvalue weighted by Crippen LogP contribution is 2.21. The SMILES string of the molecule is COCCNC(=O)C1CN(C(=O)CC(C)C)Cc2ccnn21. The van der Waals surface area contributed by atoms with Crippen LogP contribution in [0.3, 0.4) is 0 Å². The van der Waals surface area contributed by atoms with E-state index in [0.717, 1.165) is 5.69 Å². The van der Waals surface area contributed by atoms with E-state index < -0.39 is 6.04 Å². The van der Waals surface area contributed by atoms with Gasteiger partial charge in [-0.3, -0.25) is 14.3 Å². The lowest BCUT2D eigenvalue weighted by molar-refractivity contribution is -0.136. The monoisotopic (exact) mass is 308 g/mol. The van der Waals surface area contributed by atoms with Gasteiger partial charge in [0, 0.05) is 26.3 Å². The molecule has 122 valence electrons. The largest absolute Gasteiger partial charge is 0.383 e. The average molecular weight is 308 g/mol. The first-order valence-corrected chi connectivity index (χ1v) is 7.59. The van der Waals surface area contributed by atoms with Crippen LogP contribution in [0.1, 0.15) is 32.0 Å². The first-order valence-electron chi connectivity index (χ1n) is 7.59. The predicted octanol–water partition coefficient (Wildman–Crippen LogP) is 0.575. The van der Waals surface area contributed by atoms with Crippen molar-refractivity contribution in [3.63, 3.8) is 0 Å². The van der Waals surface area contributed by atoms with Gasteiger partial charge in [0.2, 0.25) is 11.8 Å². The Bertz CT molecular complexity index is 527. The number of carbonyl (C=O) groups is 2. The number of nitrogens with one attached hydrogen (secondary N) is 1. The van der Waals surface area contributed by atoms with Gasteiger partial charge in [0.05, 0.1) is 25.4 Å². The minimum atomic E-state index is -0.480. The Morgan fingerprint density at radius 1 is 1.50 bits per heavy atom. The molecule has 0 saturated heterocycles. The fraction of sp³-hybridized carbons (Fsp3) is 0.667. The molecule has 0 fully saturated rings. The van der Waals surface area contributed by atoms with Crippen molar-refractivity contribution >= 4 is 11.8 Å². The maximum absolute atomic E-state index is 12.4. The highest BCUT2D eigenvalue weighted by atomic mass is 16.5. The lowest BCUT2D eigenvalue weighted by Gasteiger charge is -2.33. The van der Waals surface area contributed by atoms with Gasteiger partial charge in [-0.2, -0.15) is 5.10 Å². The van der Waals surface area contributed by atoms with Crippen LogP contribution in [0, 0.1) is 5.92 Å². The smallest absolute Gasteiger partial charge is 0.246 e. The van der Waals surface area contributed by atoms with Crippen LogP contribution in [0.2, 0.25) is 0 Å². The number of nitrogens with zero attached hydrogens (tertiary/aromatic N) is 3. The molecule has 2 amide bonds. The van der Waals surface area contributed by atoms with Gasteiger partial charge in [-0.1, -0.05) is 13.8 Å². The second kappa shape index (κ2) is 7.40. The van der Waals surface area contributed by atoms with Crippen molar-refractivity contribution in [3.05, 3.63) is 18.0 Å². The number of aromatic nitrogens is 2. The Hall–Kier alpha value is -1.89. The molecule has 2 heterocycles. The maximum atomic E-state index is 12.4. The molecule has 1 N–H and O–H groups in total. The third kappa shape index (κ3) is 3.85. The van der Waals surface area contributed by atoms with Crippen molar-refractivity contribution < 1.29 is 14.3 Å². The first kappa shape index (κ1) is 16.5. The summed E-state index contributed by atoms with van der Waals surface area (Å²) in [5.41, 5.74) is 0.884. The van der Waals surface area contributed by atoms with Gasteiger partial charge >= 0.3 is 0 Å². The summed E-state index contributed by atoms with van der Waals surface area (Å²) in [6.07, 6.45) is 2.16. The van der Waals surface area contributed by atoms with Crippen molar-refractivity contribution in [2.45, 2.75) is 32.9 Å². The van der Waals surface area contributed by atoms with E-state index >= 15 is 0 Å². The Kier molecular flexibility index (Phi) is 5.54. The van der Waals surface area contributed by atoms with Crippen LogP contribution in [-0.2, 0) is 20.9 Å². The Morgan fingerprint density at radius 2 is 2.27 bits per heavy atom. The second-order valence-corrected chi connectivity index (χ2v) is 5.94. The van der Waals surface area contributed by atoms with Crippen molar-refractivity contribution in [2.24, 2.45) is 5.92 Å². The molecule has 22 heavy (non-hydrogen) atoms. The lowest BCUT2D eigenvalue weighted by Crippen LogP contribution is -2.47. The van der Waals surface area contributed by atoms with Crippen LogP contribution in [-0.4, -0.2) is 53.3 Å². The van der Waals surface area contributed by atoms with Gasteiger partial charge in [0.25, 0.3) is 0 Å². The number of methoxy groups -OCH3 is 1. The third-order valence-electron chi connectivity index (χ3n) is 3.64. The summed E-state index contributed by atoms with van der Waals surface area (Å²) in [6.45, 7) is 5.80. The number of carbonyl (C=O) groups excluding carboxylic acids is 2. The predicted molar refractivity (Wildman–Crippen MR) is 81.0 cm³/mol. The fourth-order valence-electron chi connectivity index (χ4n) is 2.55. The summed E-state index contributed by atoms with van der Waals surface area (Å²) in [4.78, 5) is 26.4. The van der Waals surface area contributed by atoms with Gasteiger partial charge in [-0.25, -0.2) is 0 Å². The summed E-state index contributed by atoms with van der Waals surface area (Å²) in [5, 5.41) is 7.05. The van der Waals surface area contributed by atoms with Crippen molar-refractivity contribution in [1.29, 1.82) is 0 Å². The minimum absolute atomic E-state index is 0.0807. The molecule has 0 aromatic carbocycles. The molecule has 0 radical (unpaired) electrons. The van der Waals surface area contributed by atoms with Gasteiger partial charge in [0.1, 0.15) is 6.04 Å². The second-order valence-electron chi connectivity index (χ2n) is 5.94. The number of hydrogen-bond acceptors (Lipinski definition) is 4. The van der Waals surface area contributed by atoms with Crippen LogP contribution in [0.4, 0.5) is 0 Å². The first-order chi connectivity index (χ1) is 10.5. The quantitative estimate of drug-likeness (QED) is 0.780. The van der Waals surface area contributed by atoms with E-state index in [1.54, 1.807) is 22.9 Å². The molecule has 1 atom stereocenters. The normalized spacial score (nSPS) is 17.5. The lowest BCUT2D eigenvalue weighted by atomic mass is 10.1. The summed E-state index contributed by atoms with van der Waals surface area (Å²) < 4.78 is 6.65.